The van der Waals surface area contributed by atoms with Crippen molar-refractivity contribution in [1.82, 2.24) is 0 Å². The van der Waals surface area contributed by atoms with Gasteiger partial charge >= 0.3 is 0 Å². The minimum absolute atomic E-state index is 0.248. The van der Waals surface area contributed by atoms with Crippen LogP contribution < -0.4 is 4.72 Å². The van der Waals surface area contributed by atoms with Gasteiger partial charge in [-0.3, -0.25) is 4.72 Å². The lowest BCUT2D eigenvalue weighted by molar-refractivity contribution is 0.600. The van der Waals surface area contributed by atoms with E-state index in [9.17, 15) is 8.42 Å². The van der Waals surface area contributed by atoms with Crippen molar-refractivity contribution in [2.24, 2.45) is 0 Å². The Morgan fingerprint density at radius 2 is 1.67 bits per heavy atom. The minimum Gasteiger partial charge on any atom is -0.280 e. The summed E-state index contributed by atoms with van der Waals surface area (Å²) in [5, 5.41) is 0.566. The molecule has 2 rings (SSSR count). The number of hydrogen-bond acceptors (Lipinski definition) is 3. The minimum atomic E-state index is -3.62. The molecular weight excluding hydrogens is 326 g/mol. The van der Waals surface area contributed by atoms with Gasteiger partial charge in [-0.1, -0.05) is 11.6 Å². The molecular formula is C15H16ClNO2S2. The number of rotatable bonds is 4. The van der Waals surface area contributed by atoms with Crippen LogP contribution in [0.2, 0.25) is 5.02 Å². The van der Waals surface area contributed by atoms with Crippen LogP contribution in [-0.4, -0.2) is 14.7 Å². The van der Waals surface area contributed by atoms with E-state index < -0.39 is 10.0 Å². The Bertz CT molecular complexity index is 756. The third-order valence-corrected chi connectivity index (χ3v) is 5.76. The Balaban J connectivity index is 2.35. The Morgan fingerprint density at radius 3 is 2.24 bits per heavy atom. The van der Waals surface area contributed by atoms with Gasteiger partial charge in [0.1, 0.15) is 0 Å². The molecule has 3 nitrogen and oxygen atoms in total. The summed E-state index contributed by atoms with van der Waals surface area (Å²) in [6.45, 7) is 3.52. The number of benzene rings is 2. The van der Waals surface area contributed by atoms with Crippen molar-refractivity contribution >= 4 is 39.1 Å². The van der Waals surface area contributed by atoms with Gasteiger partial charge < -0.3 is 0 Å². The van der Waals surface area contributed by atoms with Gasteiger partial charge in [0.15, 0.2) is 0 Å². The van der Waals surface area contributed by atoms with E-state index in [0.717, 1.165) is 10.5 Å². The first-order valence-electron chi connectivity index (χ1n) is 6.27. The molecule has 0 fully saturated rings. The number of anilines is 1. The topological polar surface area (TPSA) is 46.2 Å². The summed E-state index contributed by atoms with van der Waals surface area (Å²) in [6, 6.07) is 10.5. The van der Waals surface area contributed by atoms with Gasteiger partial charge in [0.05, 0.1) is 4.90 Å². The maximum absolute atomic E-state index is 12.5. The van der Waals surface area contributed by atoms with Crippen molar-refractivity contribution in [3.63, 3.8) is 0 Å². The summed E-state index contributed by atoms with van der Waals surface area (Å²) >= 11 is 7.62. The third kappa shape index (κ3) is 3.73. The molecule has 2 aromatic rings. The zero-order chi connectivity index (χ0) is 15.6. The maximum Gasteiger partial charge on any atom is 0.262 e. The second-order valence-electron chi connectivity index (χ2n) is 4.70. The zero-order valence-electron chi connectivity index (χ0n) is 12.0. The first-order chi connectivity index (χ1) is 9.83. The van der Waals surface area contributed by atoms with Crippen molar-refractivity contribution in [2.45, 2.75) is 23.6 Å². The molecule has 0 aliphatic carbocycles. The van der Waals surface area contributed by atoms with Crippen molar-refractivity contribution in [3.8, 4) is 0 Å². The molecule has 0 atom stereocenters. The Morgan fingerprint density at radius 1 is 1.05 bits per heavy atom. The number of thioether (sulfide) groups is 1. The molecule has 1 N–H and O–H groups in total. The first kappa shape index (κ1) is 16.2. The molecule has 0 saturated heterocycles. The summed E-state index contributed by atoms with van der Waals surface area (Å²) in [5.74, 6) is 0. The molecule has 0 radical (unpaired) electrons. The number of halogens is 1. The lowest BCUT2D eigenvalue weighted by Crippen LogP contribution is -2.14. The van der Waals surface area contributed by atoms with Crippen LogP contribution in [0.25, 0.3) is 0 Å². The number of aryl methyl sites for hydroxylation is 2. The van der Waals surface area contributed by atoms with Gasteiger partial charge in [-0.05, 0) is 67.6 Å². The van der Waals surface area contributed by atoms with E-state index in [-0.39, 0.29) is 4.90 Å². The predicted molar refractivity (Wildman–Crippen MR) is 90.0 cm³/mol. The fourth-order valence-corrected chi connectivity index (χ4v) is 3.91. The van der Waals surface area contributed by atoms with Gasteiger partial charge in [-0.25, -0.2) is 8.42 Å². The molecule has 6 heteroatoms. The molecule has 0 saturated carbocycles. The van der Waals surface area contributed by atoms with Crippen LogP contribution >= 0.6 is 23.4 Å². The van der Waals surface area contributed by atoms with Crippen molar-refractivity contribution in [1.29, 1.82) is 0 Å². The van der Waals surface area contributed by atoms with Crippen LogP contribution in [0.15, 0.2) is 46.2 Å². The van der Waals surface area contributed by atoms with Gasteiger partial charge in [0, 0.05) is 15.6 Å². The molecule has 0 aromatic heterocycles. The SMILES string of the molecule is CSc1ccc(NS(=O)(=O)c2cc(C)c(Cl)cc2C)cc1. The monoisotopic (exact) mass is 341 g/mol. The van der Waals surface area contributed by atoms with Crippen molar-refractivity contribution in [3.05, 3.63) is 52.5 Å². The van der Waals surface area contributed by atoms with E-state index >= 15 is 0 Å². The Hall–Kier alpha value is -1.17. The van der Waals surface area contributed by atoms with Crippen LogP contribution in [0.1, 0.15) is 11.1 Å². The normalized spacial score (nSPS) is 11.4. The van der Waals surface area contributed by atoms with E-state index in [0.29, 0.717) is 16.3 Å². The van der Waals surface area contributed by atoms with Gasteiger partial charge in [0.25, 0.3) is 10.0 Å². The molecule has 0 unspecified atom stereocenters. The first-order valence-corrected chi connectivity index (χ1v) is 9.35. The van der Waals surface area contributed by atoms with Crippen molar-refractivity contribution in [2.75, 3.05) is 11.0 Å². The third-order valence-electron chi connectivity index (χ3n) is 3.09. The summed E-state index contributed by atoms with van der Waals surface area (Å²) in [6.07, 6.45) is 1.97. The number of sulfonamides is 1. The quantitative estimate of drug-likeness (QED) is 0.834. The Kier molecular flexibility index (Phi) is 4.86. The highest BCUT2D eigenvalue weighted by Crippen LogP contribution is 2.26. The van der Waals surface area contributed by atoms with Crippen LogP contribution in [-0.2, 0) is 10.0 Å². The fourth-order valence-electron chi connectivity index (χ4n) is 1.91. The number of nitrogens with one attached hydrogen (secondary N) is 1. The van der Waals surface area contributed by atoms with E-state index in [2.05, 4.69) is 4.72 Å². The van der Waals surface area contributed by atoms with Gasteiger partial charge in [-0.2, -0.15) is 0 Å². The van der Waals surface area contributed by atoms with E-state index in [1.807, 2.05) is 18.4 Å². The number of hydrogen-bond donors (Lipinski definition) is 1. The highest BCUT2D eigenvalue weighted by atomic mass is 35.5. The smallest absolute Gasteiger partial charge is 0.262 e. The summed E-state index contributed by atoms with van der Waals surface area (Å²) < 4.78 is 27.6. The molecule has 0 aliphatic rings. The summed E-state index contributed by atoms with van der Waals surface area (Å²) in [5.41, 5.74) is 1.90. The average molecular weight is 342 g/mol. The zero-order valence-corrected chi connectivity index (χ0v) is 14.4. The lowest BCUT2D eigenvalue weighted by Gasteiger charge is -2.12. The second kappa shape index (κ2) is 6.30. The van der Waals surface area contributed by atoms with Crippen LogP contribution in [0.3, 0.4) is 0 Å². The standard InChI is InChI=1S/C15H16ClNO2S2/c1-10-9-15(11(2)8-14(10)16)21(18,19)17-12-4-6-13(20-3)7-5-12/h4-9,17H,1-3H3. The van der Waals surface area contributed by atoms with E-state index in [4.69, 9.17) is 11.6 Å². The van der Waals surface area contributed by atoms with Crippen LogP contribution in [0.4, 0.5) is 5.69 Å². The maximum atomic E-state index is 12.5. The molecule has 2 aromatic carbocycles. The highest BCUT2D eigenvalue weighted by Gasteiger charge is 2.18. The predicted octanol–water partition coefficient (Wildman–Crippen LogP) is 4.48. The fraction of sp³-hybridized carbons (Fsp3) is 0.200. The molecule has 0 spiro atoms. The molecule has 112 valence electrons. The molecule has 0 heterocycles. The van der Waals surface area contributed by atoms with Gasteiger partial charge in [-0.15, -0.1) is 11.8 Å². The van der Waals surface area contributed by atoms with Crippen LogP contribution in [0, 0.1) is 13.8 Å². The largest absolute Gasteiger partial charge is 0.280 e. The summed E-state index contributed by atoms with van der Waals surface area (Å²) in [4.78, 5) is 1.33. The molecule has 0 amide bonds. The second-order valence-corrected chi connectivity index (χ2v) is 7.64. The van der Waals surface area contributed by atoms with Gasteiger partial charge in [0.2, 0.25) is 0 Å². The highest BCUT2D eigenvalue weighted by molar-refractivity contribution is 7.98. The van der Waals surface area contributed by atoms with Crippen molar-refractivity contribution < 1.29 is 8.42 Å². The van der Waals surface area contributed by atoms with E-state index in [1.54, 1.807) is 49.9 Å². The van der Waals surface area contributed by atoms with Crippen LogP contribution in [0.5, 0.6) is 0 Å². The lowest BCUT2D eigenvalue weighted by atomic mass is 10.2. The summed E-state index contributed by atoms with van der Waals surface area (Å²) in [7, 11) is -3.62. The molecule has 21 heavy (non-hydrogen) atoms. The molecule has 0 aliphatic heterocycles. The molecule has 0 bridgehead atoms. The van der Waals surface area contributed by atoms with E-state index in [1.165, 1.54) is 0 Å². The average Bonchev–Trinajstić information content (AvgIpc) is 2.43. The Labute approximate surface area is 134 Å².